The first-order chi connectivity index (χ1) is 5.63. The summed E-state index contributed by atoms with van der Waals surface area (Å²) in [6.07, 6.45) is 1.87. The second-order valence-corrected chi connectivity index (χ2v) is 2.69. The van der Waals surface area contributed by atoms with E-state index in [1.165, 1.54) is 0 Å². The largest absolute Gasteiger partial charge is 0.481 e. The molecule has 0 saturated heterocycles. The summed E-state index contributed by atoms with van der Waals surface area (Å²) in [7, 11) is 0. The van der Waals surface area contributed by atoms with Crippen molar-refractivity contribution in [1.82, 2.24) is 9.78 Å². The summed E-state index contributed by atoms with van der Waals surface area (Å²) in [5.41, 5.74) is 1.60. The van der Waals surface area contributed by atoms with Gasteiger partial charge in [-0.15, -0.1) is 0 Å². The van der Waals surface area contributed by atoms with Crippen molar-refractivity contribution < 1.29 is 9.90 Å². The van der Waals surface area contributed by atoms with E-state index in [4.69, 9.17) is 5.11 Å². The molecule has 0 aliphatic carbocycles. The Bertz CT molecular complexity index is 291. The first kappa shape index (κ1) is 8.77. The molecule has 0 aliphatic heterocycles. The van der Waals surface area contributed by atoms with Crippen LogP contribution in [-0.2, 0) is 17.8 Å². The molecule has 0 unspecified atom stereocenters. The van der Waals surface area contributed by atoms with Gasteiger partial charge < -0.3 is 5.11 Å². The molecule has 0 spiro atoms. The minimum atomic E-state index is -0.834. The molecule has 0 radical (unpaired) electrons. The van der Waals surface area contributed by atoms with Crippen LogP contribution in [0.1, 0.15) is 18.2 Å². The fraction of sp³-hybridized carbons (Fsp3) is 0.500. The summed E-state index contributed by atoms with van der Waals surface area (Å²) >= 11 is 0. The summed E-state index contributed by atoms with van der Waals surface area (Å²) in [4.78, 5) is 10.4. The van der Waals surface area contributed by atoms with Gasteiger partial charge in [0, 0.05) is 12.7 Å². The van der Waals surface area contributed by atoms with Gasteiger partial charge in [-0.2, -0.15) is 5.10 Å². The van der Waals surface area contributed by atoms with E-state index in [2.05, 4.69) is 5.10 Å². The topological polar surface area (TPSA) is 55.1 Å². The van der Waals surface area contributed by atoms with Crippen LogP contribution < -0.4 is 0 Å². The van der Waals surface area contributed by atoms with Crippen LogP contribution in [0.25, 0.3) is 0 Å². The minimum absolute atomic E-state index is 0.0127. The second kappa shape index (κ2) is 3.38. The number of hydrogen-bond donors (Lipinski definition) is 1. The van der Waals surface area contributed by atoms with E-state index in [0.29, 0.717) is 5.69 Å². The monoisotopic (exact) mass is 168 g/mol. The normalized spacial score (nSPS) is 10.2. The van der Waals surface area contributed by atoms with E-state index in [1.54, 1.807) is 4.68 Å². The van der Waals surface area contributed by atoms with Crippen molar-refractivity contribution in [3.8, 4) is 0 Å². The van der Waals surface area contributed by atoms with Crippen LogP contribution >= 0.6 is 0 Å². The molecule has 4 heteroatoms. The van der Waals surface area contributed by atoms with Gasteiger partial charge in [-0.05, 0) is 19.4 Å². The highest BCUT2D eigenvalue weighted by Gasteiger charge is 2.07. The van der Waals surface area contributed by atoms with E-state index in [1.807, 2.05) is 20.0 Å². The number of carboxylic acids is 1. The van der Waals surface area contributed by atoms with Crippen LogP contribution in [-0.4, -0.2) is 20.9 Å². The minimum Gasteiger partial charge on any atom is -0.481 e. The van der Waals surface area contributed by atoms with Gasteiger partial charge in [0.1, 0.15) is 0 Å². The van der Waals surface area contributed by atoms with Crippen LogP contribution in [0.5, 0.6) is 0 Å². The molecule has 1 aromatic heterocycles. The Kier molecular flexibility index (Phi) is 2.47. The van der Waals surface area contributed by atoms with E-state index < -0.39 is 5.97 Å². The molecule has 0 aliphatic rings. The lowest BCUT2D eigenvalue weighted by molar-refractivity contribution is -0.136. The van der Waals surface area contributed by atoms with Crippen LogP contribution in [0.2, 0.25) is 0 Å². The lowest BCUT2D eigenvalue weighted by Crippen LogP contribution is -2.03. The zero-order valence-electron chi connectivity index (χ0n) is 7.24. The van der Waals surface area contributed by atoms with E-state index in [-0.39, 0.29) is 6.42 Å². The fourth-order valence-electron chi connectivity index (χ4n) is 1.04. The quantitative estimate of drug-likeness (QED) is 0.727. The zero-order chi connectivity index (χ0) is 9.14. The average Bonchev–Trinajstić information content (AvgIpc) is 2.31. The number of carboxylic acid groups (broad SMARTS) is 1. The SMILES string of the molecule is CCn1cc(C)c(CC(=O)O)n1. The molecule has 0 fully saturated rings. The highest BCUT2D eigenvalue weighted by atomic mass is 16.4. The van der Waals surface area contributed by atoms with E-state index in [0.717, 1.165) is 12.1 Å². The third-order valence-corrected chi connectivity index (χ3v) is 1.69. The van der Waals surface area contributed by atoms with Crippen molar-refractivity contribution in [2.45, 2.75) is 26.8 Å². The molecule has 0 bridgehead atoms. The fourth-order valence-corrected chi connectivity index (χ4v) is 1.04. The Morgan fingerprint density at radius 2 is 2.42 bits per heavy atom. The molecule has 0 saturated carbocycles. The Morgan fingerprint density at radius 1 is 1.75 bits per heavy atom. The smallest absolute Gasteiger partial charge is 0.309 e. The van der Waals surface area contributed by atoms with Gasteiger partial charge in [-0.1, -0.05) is 0 Å². The summed E-state index contributed by atoms with van der Waals surface area (Å²) in [6.45, 7) is 4.62. The number of nitrogens with zero attached hydrogens (tertiary/aromatic N) is 2. The second-order valence-electron chi connectivity index (χ2n) is 2.69. The van der Waals surface area contributed by atoms with Crippen LogP contribution in [0, 0.1) is 6.92 Å². The van der Waals surface area contributed by atoms with Crippen molar-refractivity contribution in [3.05, 3.63) is 17.5 Å². The van der Waals surface area contributed by atoms with Crippen molar-refractivity contribution >= 4 is 5.97 Å². The third-order valence-electron chi connectivity index (χ3n) is 1.69. The molecular weight excluding hydrogens is 156 g/mol. The molecule has 1 rings (SSSR count). The maximum Gasteiger partial charge on any atom is 0.309 e. The lowest BCUT2D eigenvalue weighted by atomic mass is 10.2. The third kappa shape index (κ3) is 1.84. The Morgan fingerprint density at radius 3 is 2.83 bits per heavy atom. The number of hydrogen-bond acceptors (Lipinski definition) is 2. The number of aryl methyl sites for hydroxylation is 2. The van der Waals surface area contributed by atoms with Gasteiger partial charge >= 0.3 is 5.97 Å². The van der Waals surface area contributed by atoms with Crippen molar-refractivity contribution in [2.24, 2.45) is 0 Å². The number of rotatable bonds is 3. The van der Waals surface area contributed by atoms with Gasteiger partial charge in [0.15, 0.2) is 0 Å². The zero-order valence-corrected chi connectivity index (χ0v) is 7.24. The van der Waals surface area contributed by atoms with Crippen LogP contribution in [0.3, 0.4) is 0 Å². The molecule has 0 aromatic carbocycles. The van der Waals surface area contributed by atoms with E-state index >= 15 is 0 Å². The van der Waals surface area contributed by atoms with Crippen molar-refractivity contribution in [2.75, 3.05) is 0 Å². The summed E-state index contributed by atoms with van der Waals surface area (Å²) < 4.78 is 1.74. The number of aromatic nitrogens is 2. The molecule has 4 nitrogen and oxygen atoms in total. The maximum atomic E-state index is 10.4. The standard InChI is InChI=1S/C8H12N2O2/c1-3-10-5-6(2)7(9-10)4-8(11)12/h5H,3-4H2,1-2H3,(H,11,12). The highest BCUT2D eigenvalue weighted by molar-refractivity contribution is 5.69. The van der Waals surface area contributed by atoms with Gasteiger partial charge in [-0.3, -0.25) is 9.48 Å². The van der Waals surface area contributed by atoms with Crippen LogP contribution in [0.15, 0.2) is 6.20 Å². The molecule has 1 heterocycles. The first-order valence-electron chi connectivity index (χ1n) is 3.88. The summed E-state index contributed by atoms with van der Waals surface area (Å²) in [5.74, 6) is -0.834. The average molecular weight is 168 g/mol. The molecule has 1 aromatic rings. The Balaban J connectivity index is 2.84. The number of carbonyl (C=O) groups is 1. The number of aliphatic carboxylic acids is 1. The van der Waals surface area contributed by atoms with Gasteiger partial charge in [-0.25, -0.2) is 0 Å². The molecule has 0 atom stereocenters. The molecule has 66 valence electrons. The predicted octanol–water partition coefficient (Wildman–Crippen LogP) is 0.839. The molecule has 12 heavy (non-hydrogen) atoms. The Labute approximate surface area is 70.8 Å². The van der Waals surface area contributed by atoms with Crippen LogP contribution in [0.4, 0.5) is 0 Å². The first-order valence-corrected chi connectivity index (χ1v) is 3.88. The van der Waals surface area contributed by atoms with Gasteiger partial charge in [0.2, 0.25) is 0 Å². The molecule has 1 N–H and O–H groups in total. The molecular formula is C8H12N2O2. The Hall–Kier alpha value is -1.32. The van der Waals surface area contributed by atoms with Crippen molar-refractivity contribution in [3.63, 3.8) is 0 Å². The summed E-state index contributed by atoms with van der Waals surface area (Å²) in [5, 5.41) is 12.6. The van der Waals surface area contributed by atoms with Crippen molar-refractivity contribution in [1.29, 1.82) is 0 Å². The lowest BCUT2D eigenvalue weighted by Gasteiger charge is -1.92. The maximum absolute atomic E-state index is 10.4. The van der Waals surface area contributed by atoms with Gasteiger partial charge in [0.25, 0.3) is 0 Å². The highest BCUT2D eigenvalue weighted by Crippen LogP contribution is 2.05. The van der Waals surface area contributed by atoms with Gasteiger partial charge in [0.05, 0.1) is 12.1 Å². The van der Waals surface area contributed by atoms with E-state index in [9.17, 15) is 4.79 Å². The summed E-state index contributed by atoms with van der Waals surface area (Å²) in [6, 6.07) is 0. The molecule has 0 amide bonds. The predicted molar refractivity (Wildman–Crippen MR) is 44.0 cm³/mol.